The molecule has 2 N–H and O–H groups in total. The van der Waals surface area contributed by atoms with Gasteiger partial charge in [0.05, 0.1) is 12.6 Å². The Balaban J connectivity index is 1.52. The van der Waals surface area contributed by atoms with E-state index in [1.54, 1.807) is 20.8 Å². The summed E-state index contributed by atoms with van der Waals surface area (Å²) in [5, 5.41) is 0.573. The van der Waals surface area contributed by atoms with Crippen molar-refractivity contribution in [3.8, 4) is 0 Å². The molecule has 3 saturated heterocycles. The first-order valence-corrected chi connectivity index (χ1v) is 11.4. The van der Waals surface area contributed by atoms with E-state index in [1.165, 1.54) is 9.80 Å². The molecule has 0 radical (unpaired) electrons. The van der Waals surface area contributed by atoms with Crippen molar-refractivity contribution in [2.75, 3.05) is 19.6 Å². The molecule has 0 unspecified atom stereocenters. The number of likely N-dealkylation sites (tertiary alicyclic amines) is 1. The summed E-state index contributed by atoms with van der Waals surface area (Å²) in [6.07, 6.45) is 1.00. The van der Waals surface area contributed by atoms with E-state index < -0.39 is 52.2 Å². The minimum Gasteiger partial charge on any atom is -0.444 e. The molecule has 3 fully saturated rings. The third-order valence-electron chi connectivity index (χ3n) is 5.16. The Morgan fingerprint density at radius 2 is 1.87 bits per heavy atom. The number of nitrogens with zero attached hydrogens (tertiary/aromatic N) is 3. The number of urea groups is 1. The molecule has 0 spiro atoms. The lowest BCUT2D eigenvalue weighted by molar-refractivity contribution is -0.146. The number of piperidine rings is 2. The molecular formula is C17H28N4O9S. The maximum absolute atomic E-state index is 12.6. The average Bonchev–Trinajstić information content (AvgIpc) is 2.88. The second-order valence-electron chi connectivity index (χ2n) is 8.78. The number of ether oxygens (including phenoxy) is 1. The van der Waals surface area contributed by atoms with Crippen molar-refractivity contribution >= 4 is 28.4 Å². The third-order valence-corrected chi connectivity index (χ3v) is 5.51. The van der Waals surface area contributed by atoms with Gasteiger partial charge in [-0.25, -0.2) is 15.1 Å². The van der Waals surface area contributed by atoms with Gasteiger partial charge in [-0.3, -0.25) is 14.2 Å². The third kappa shape index (κ3) is 5.96. The van der Waals surface area contributed by atoms with E-state index in [0.717, 1.165) is 0 Å². The molecule has 0 aliphatic carbocycles. The van der Waals surface area contributed by atoms with Crippen molar-refractivity contribution in [1.29, 1.82) is 0 Å². The van der Waals surface area contributed by atoms with E-state index >= 15 is 0 Å². The van der Waals surface area contributed by atoms with E-state index in [4.69, 9.17) is 14.1 Å². The first kappa shape index (κ1) is 23.5. The Morgan fingerprint density at radius 1 is 1.16 bits per heavy atom. The van der Waals surface area contributed by atoms with Crippen LogP contribution in [0.2, 0.25) is 0 Å². The minimum atomic E-state index is -4.85. The van der Waals surface area contributed by atoms with Crippen LogP contribution in [0.5, 0.6) is 0 Å². The molecule has 0 aromatic rings. The molecule has 13 nitrogen and oxygen atoms in total. The van der Waals surface area contributed by atoms with Crippen LogP contribution in [0.1, 0.15) is 46.5 Å². The molecule has 3 heterocycles. The number of nitrogens with one attached hydrogen (secondary N) is 1. The zero-order valence-electron chi connectivity index (χ0n) is 17.6. The van der Waals surface area contributed by atoms with Crippen LogP contribution in [0.4, 0.5) is 9.59 Å². The fourth-order valence-corrected chi connectivity index (χ4v) is 4.23. The van der Waals surface area contributed by atoms with Crippen molar-refractivity contribution in [1.82, 2.24) is 20.3 Å². The zero-order valence-corrected chi connectivity index (χ0v) is 18.5. The molecule has 3 aliphatic heterocycles. The van der Waals surface area contributed by atoms with Gasteiger partial charge in [-0.2, -0.15) is 13.5 Å². The maximum Gasteiger partial charge on any atom is 0.418 e. The van der Waals surface area contributed by atoms with Crippen LogP contribution in [-0.4, -0.2) is 89.3 Å². The number of carbonyl (C=O) groups excluding carboxylic acids is 3. The van der Waals surface area contributed by atoms with E-state index in [-0.39, 0.29) is 19.5 Å². The highest BCUT2D eigenvalue weighted by Gasteiger charge is 2.49. The molecule has 0 aromatic heterocycles. The van der Waals surface area contributed by atoms with Crippen LogP contribution in [0, 0.1) is 0 Å². The number of hydrogen-bond donors (Lipinski definition) is 2. The van der Waals surface area contributed by atoms with Gasteiger partial charge < -0.3 is 14.5 Å². The summed E-state index contributed by atoms with van der Waals surface area (Å²) >= 11 is 0. The van der Waals surface area contributed by atoms with E-state index in [1.807, 2.05) is 0 Å². The van der Waals surface area contributed by atoms with Gasteiger partial charge in [0, 0.05) is 13.1 Å². The van der Waals surface area contributed by atoms with Gasteiger partial charge in [-0.1, -0.05) is 0 Å². The molecule has 2 bridgehead atoms. The zero-order chi connectivity index (χ0) is 23.0. The van der Waals surface area contributed by atoms with Crippen LogP contribution in [-0.2, 0) is 29.1 Å². The van der Waals surface area contributed by atoms with Gasteiger partial charge in [-0.05, 0) is 46.5 Å². The summed E-state index contributed by atoms with van der Waals surface area (Å²) in [6.45, 7) is 6.19. The van der Waals surface area contributed by atoms with Gasteiger partial charge >= 0.3 is 22.5 Å². The van der Waals surface area contributed by atoms with Crippen molar-refractivity contribution in [3.05, 3.63) is 0 Å². The van der Waals surface area contributed by atoms with Crippen LogP contribution >= 0.6 is 0 Å². The molecule has 3 atom stereocenters. The topological polar surface area (TPSA) is 155 Å². The smallest absolute Gasteiger partial charge is 0.418 e. The van der Waals surface area contributed by atoms with E-state index in [9.17, 15) is 22.8 Å². The first-order chi connectivity index (χ1) is 14.3. The Kier molecular flexibility index (Phi) is 6.64. The monoisotopic (exact) mass is 464 g/mol. The Hall–Kier alpha value is -2.16. The highest BCUT2D eigenvalue weighted by molar-refractivity contribution is 7.80. The summed E-state index contributed by atoms with van der Waals surface area (Å²) in [5.41, 5.74) is 1.74. The summed E-state index contributed by atoms with van der Waals surface area (Å²) in [5.74, 6) is -0.560. The maximum atomic E-state index is 12.6. The molecule has 0 saturated carbocycles. The van der Waals surface area contributed by atoms with Crippen LogP contribution < -0.4 is 5.48 Å². The molecule has 3 rings (SSSR count). The molecule has 14 heteroatoms. The highest BCUT2D eigenvalue weighted by Crippen LogP contribution is 2.30. The number of carbonyl (C=O) groups is 3. The largest absolute Gasteiger partial charge is 0.444 e. The summed E-state index contributed by atoms with van der Waals surface area (Å²) < 4.78 is 40.4. The lowest BCUT2D eigenvalue weighted by atomic mass is 10.0. The van der Waals surface area contributed by atoms with E-state index in [2.05, 4.69) is 9.76 Å². The second-order valence-corrected chi connectivity index (χ2v) is 9.79. The van der Waals surface area contributed by atoms with Crippen molar-refractivity contribution < 1.29 is 41.2 Å². The van der Waals surface area contributed by atoms with Crippen molar-refractivity contribution in [2.45, 2.75) is 70.2 Å². The highest BCUT2D eigenvalue weighted by atomic mass is 32.3. The lowest BCUT2D eigenvalue weighted by Crippen LogP contribution is -2.52. The minimum absolute atomic E-state index is 0.0856. The van der Waals surface area contributed by atoms with Gasteiger partial charge in [0.25, 0.3) is 5.91 Å². The predicted molar refractivity (Wildman–Crippen MR) is 103 cm³/mol. The van der Waals surface area contributed by atoms with Gasteiger partial charge in [-0.15, -0.1) is 4.28 Å². The second kappa shape index (κ2) is 8.76. The molecule has 0 aromatic carbocycles. The quantitative estimate of drug-likeness (QED) is 0.435. The van der Waals surface area contributed by atoms with Gasteiger partial charge in [0.15, 0.2) is 0 Å². The number of rotatable bonds is 5. The fraction of sp³-hybridized carbons (Fsp3) is 0.824. The predicted octanol–water partition coefficient (Wildman–Crippen LogP) is 0.437. The fourth-order valence-electron chi connectivity index (χ4n) is 3.84. The summed E-state index contributed by atoms with van der Waals surface area (Å²) in [4.78, 5) is 45.4. The Labute approximate surface area is 180 Å². The first-order valence-electron chi connectivity index (χ1n) is 10.0. The van der Waals surface area contributed by atoms with Crippen LogP contribution in [0.15, 0.2) is 0 Å². The molecule has 3 aliphatic rings. The molecule has 31 heavy (non-hydrogen) atoms. The van der Waals surface area contributed by atoms with Crippen molar-refractivity contribution in [3.63, 3.8) is 0 Å². The molecule has 176 valence electrons. The van der Waals surface area contributed by atoms with Gasteiger partial charge in [0.1, 0.15) is 17.7 Å². The number of hydroxylamine groups is 3. The van der Waals surface area contributed by atoms with Crippen LogP contribution in [0.3, 0.4) is 0 Å². The number of amides is 4. The number of hydrogen-bond acceptors (Lipinski definition) is 8. The SMILES string of the molecule is CC(C)(C)OC(=O)N1CCC[C@@H](ONC(=O)[C@@H]2CC[C@@H]3CN2C(=O)N3OS(=O)(=O)O)C1. The van der Waals surface area contributed by atoms with Gasteiger partial charge in [0.2, 0.25) is 0 Å². The van der Waals surface area contributed by atoms with E-state index in [0.29, 0.717) is 30.9 Å². The summed E-state index contributed by atoms with van der Waals surface area (Å²) in [7, 11) is -4.85. The van der Waals surface area contributed by atoms with Crippen LogP contribution in [0.25, 0.3) is 0 Å². The van der Waals surface area contributed by atoms with Crippen molar-refractivity contribution in [2.24, 2.45) is 0 Å². The Bertz CT molecular complexity index is 828. The Morgan fingerprint density at radius 3 is 2.52 bits per heavy atom. The molecule has 4 amide bonds. The number of fused-ring (bicyclic) bond motifs is 2. The molecular weight excluding hydrogens is 436 g/mol. The summed E-state index contributed by atoms with van der Waals surface area (Å²) in [6, 6.07) is -2.28. The average molecular weight is 464 g/mol. The standard InChI is InChI=1S/C17H28N4O9S/c1-17(2,3)28-16(24)19-8-4-5-12(10-19)29-18-14(22)13-7-6-11-9-20(13)15(23)21(11)30-31(25,26)27/h11-13H,4-10H2,1-3H3,(H,18,22)(H,25,26,27)/t11-,12-,13+/m1/s1. The lowest BCUT2D eigenvalue weighted by Gasteiger charge is -2.34. The normalized spacial score (nSPS) is 26.8.